The monoisotopic (exact) mass is 309 g/mol. The molecule has 96 valence electrons. The molecule has 4 nitrogen and oxygen atoms in total. The van der Waals surface area contributed by atoms with Crippen LogP contribution in [0.25, 0.3) is 0 Å². The number of hydrogen-bond acceptors (Lipinski definition) is 3. The second-order valence-electron chi connectivity index (χ2n) is 4.16. The van der Waals surface area contributed by atoms with E-state index in [1.807, 2.05) is 19.2 Å². The SMILES string of the molecule is COc1cnn(C)c1C(N)Cc1ccc(Br)cc1. The number of hydrogen-bond donors (Lipinski definition) is 1. The zero-order chi connectivity index (χ0) is 13.1. The fourth-order valence-corrected chi connectivity index (χ4v) is 2.24. The van der Waals surface area contributed by atoms with Crippen LogP contribution in [-0.2, 0) is 13.5 Å². The number of halogens is 1. The van der Waals surface area contributed by atoms with E-state index in [2.05, 4.69) is 33.2 Å². The molecule has 0 bridgehead atoms. The van der Waals surface area contributed by atoms with Crippen LogP contribution in [0, 0.1) is 0 Å². The molecule has 18 heavy (non-hydrogen) atoms. The van der Waals surface area contributed by atoms with Crippen LogP contribution >= 0.6 is 15.9 Å². The number of ether oxygens (including phenoxy) is 1. The molecule has 1 aromatic carbocycles. The molecule has 0 saturated heterocycles. The average molecular weight is 310 g/mol. The molecule has 2 aromatic rings. The quantitative estimate of drug-likeness (QED) is 0.943. The number of nitrogens with two attached hydrogens (primary N) is 1. The minimum Gasteiger partial charge on any atom is -0.493 e. The van der Waals surface area contributed by atoms with Crippen molar-refractivity contribution < 1.29 is 4.74 Å². The Hall–Kier alpha value is -1.33. The topological polar surface area (TPSA) is 53.1 Å². The summed E-state index contributed by atoms with van der Waals surface area (Å²) in [5, 5.41) is 4.17. The lowest BCUT2D eigenvalue weighted by Gasteiger charge is -2.14. The standard InChI is InChI=1S/C13H16BrN3O/c1-17-13(12(18-2)8-16-17)11(15)7-9-3-5-10(14)6-4-9/h3-6,8,11H,7,15H2,1-2H3. The molecule has 1 unspecified atom stereocenters. The summed E-state index contributed by atoms with van der Waals surface area (Å²) in [5.41, 5.74) is 8.34. The Labute approximate surface area is 115 Å². The van der Waals surface area contributed by atoms with Crippen LogP contribution in [0.3, 0.4) is 0 Å². The summed E-state index contributed by atoms with van der Waals surface area (Å²) in [7, 11) is 3.51. The van der Waals surface area contributed by atoms with Crippen molar-refractivity contribution in [2.75, 3.05) is 7.11 Å². The summed E-state index contributed by atoms with van der Waals surface area (Å²) in [4.78, 5) is 0. The molecule has 0 saturated carbocycles. The van der Waals surface area contributed by atoms with Gasteiger partial charge in [-0.05, 0) is 24.1 Å². The van der Waals surface area contributed by atoms with Gasteiger partial charge in [0.2, 0.25) is 0 Å². The van der Waals surface area contributed by atoms with Gasteiger partial charge in [0.1, 0.15) is 0 Å². The molecule has 0 fully saturated rings. The molecule has 1 heterocycles. The average Bonchev–Trinajstić information content (AvgIpc) is 2.73. The number of aryl methyl sites for hydroxylation is 1. The fraction of sp³-hybridized carbons (Fsp3) is 0.308. The predicted octanol–water partition coefficient (Wildman–Crippen LogP) is 2.43. The van der Waals surface area contributed by atoms with Crippen LogP contribution in [-0.4, -0.2) is 16.9 Å². The molecule has 0 radical (unpaired) electrons. The van der Waals surface area contributed by atoms with E-state index in [0.717, 1.165) is 22.3 Å². The van der Waals surface area contributed by atoms with Crippen molar-refractivity contribution in [1.82, 2.24) is 9.78 Å². The highest BCUT2D eigenvalue weighted by molar-refractivity contribution is 9.10. The van der Waals surface area contributed by atoms with Crippen molar-refractivity contribution in [3.05, 3.63) is 46.2 Å². The highest BCUT2D eigenvalue weighted by atomic mass is 79.9. The summed E-state index contributed by atoms with van der Waals surface area (Å²) in [6.45, 7) is 0. The maximum absolute atomic E-state index is 6.23. The largest absolute Gasteiger partial charge is 0.493 e. The number of benzene rings is 1. The minimum absolute atomic E-state index is 0.131. The molecule has 0 aliphatic rings. The Morgan fingerprint density at radius 1 is 1.39 bits per heavy atom. The summed E-state index contributed by atoms with van der Waals surface area (Å²) in [6, 6.07) is 8.03. The third-order valence-electron chi connectivity index (χ3n) is 2.89. The number of methoxy groups -OCH3 is 1. The van der Waals surface area contributed by atoms with E-state index in [1.54, 1.807) is 18.0 Å². The number of rotatable bonds is 4. The zero-order valence-electron chi connectivity index (χ0n) is 10.4. The molecular formula is C13H16BrN3O. The van der Waals surface area contributed by atoms with E-state index in [1.165, 1.54) is 5.56 Å². The minimum atomic E-state index is -0.131. The van der Waals surface area contributed by atoms with Crippen LogP contribution in [0.4, 0.5) is 0 Å². The van der Waals surface area contributed by atoms with E-state index in [-0.39, 0.29) is 6.04 Å². The second kappa shape index (κ2) is 5.54. The molecule has 5 heteroatoms. The number of aromatic nitrogens is 2. The highest BCUT2D eigenvalue weighted by Gasteiger charge is 2.17. The molecule has 0 spiro atoms. The van der Waals surface area contributed by atoms with E-state index >= 15 is 0 Å². The first-order valence-corrected chi connectivity index (χ1v) is 6.47. The normalized spacial score (nSPS) is 12.4. The van der Waals surface area contributed by atoms with Gasteiger partial charge in [-0.3, -0.25) is 4.68 Å². The molecule has 0 amide bonds. The van der Waals surface area contributed by atoms with Gasteiger partial charge in [0, 0.05) is 11.5 Å². The fourth-order valence-electron chi connectivity index (χ4n) is 1.98. The van der Waals surface area contributed by atoms with Gasteiger partial charge in [0.05, 0.1) is 25.0 Å². The predicted molar refractivity (Wildman–Crippen MR) is 74.5 cm³/mol. The van der Waals surface area contributed by atoms with Crippen LogP contribution in [0.5, 0.6) is 5.75 Å². The Kier molecular flexibility index (Phi) is 4.04. The van der Waals surface area contributed by atoms with E-state index in [9.17, 15) is 0 Å². The maximum atomic E-state index is 6.23. The first kappa shape index (κ1) is 13.1. The van der Waals surface area contributed by atoms with Gasteiger partial charge in [-0.2, -0.15) is 5.10 Å². The van der Waals surface area contributed by atoms with Crippen molar-refractivity contribution in [1.29, 1.82) is 0 Å². The van der Waals surface area contributed by atoms with Crippen molar-refractivity contribution in [2.45, 2.75) is 12.5 Å². The zero-order valence-corrected chi connectivity index (χ0v) is 12.0. The Bertz CT molecular complexity index is 522. The molecule has 0 aliphatic heterocycles. The highest BCUT2D eigenvalue weighted by Crippen LogP contribution is 2.25. The van der Waals surface area contributed by atoms with E-state index in [0.29, 0.717) is 0 Å². The number of nitrogens with zero attached hydrogens (tertiary/aromatic N) is 2. The summed E-state index contributed by atoms with van der Waals surface area (Å²) in [6.07, 6.45) is 2.44. The van der Waals surface area contributed by atoms with Gasteiger partial charge in [0.15, 0.2) is 5.75 Å². The lowest BCUT2D eigenvalue weighted by Crippen LogP contribution is -2.18. The van der Waals surface area contributed by atoms with Gasteiger partial charge in [0.25, 0.3) is 0 Å². The maximum Gasteiger partial charge on any atom is 0.161 e. The Balaban J connectivity index is 2.18. The van der Waals surface area contributed by atoms with Gasteiger partial charge < -0.3 is 10.5 Å². The second-order valence-corrected chi connectivity index (χ2v) is 5.07. The van der Waals surface area contributed by atoms with Crippen LogP contribution < -0.4 is 10.5 Å². The molecule has 1 atom stereocenters. The Morgan fingerprint density at radius 2 is 2.06 bits per heavy atom. The first-order chi connectivity index (χ1) is 8.61. The summed E-state index contributed by atoms with van der Waals surface area (Å²) >= 11 is 3.42. The molecule has 0 aliphatic carbocycles. The van der Waals surface area contributed by atoms with Gasteiger partial charge in [-0.15, -0.1) is 0 Å². The molecule has 2 rings (SSSR count). The van der Waals surface area contributed by atoms with Crippen molar-refractivity contribution >= 4 is 15.9 Å². The van der Waals surface area contributed by atoms with E-state index in [4.69, 9.17) is 10.5 Å². The van der Waals surface area contributed by atoms with Crippen molar-refractivity contribution in [3.8, 4) is 5.75 Å². The third-order valence-corrected chi connectivity index (χ3v) is 3.42. The van der Waals surface area contributed by atoms with Crippen LogP contribution in [0.2, 0.25) is 0 Å². The lowest BCUT2D eigenvalue weighted by molar-refractivity contribution is 0.402. The molecule has 2 N–H and O–H groups in total. The van der Waals surface area contributed by atoms with Crippen molar-refractivity contribution in [3.63, 3.8) is 0 Å². The van der Waals surface area contributed by atoms with Gasteiger partial charge in [-0.25, -0.2) is 0 Å². The summed E-state index contributed by atoms with van der Waals surface area (Å²) in [5.74, 6) is 0.738. The molecular weight excluding hydrogens is 294 g/mol. The lowest BCUT2D eigenvalue weighted by atomic mass is 10.0. The molecule has 1 aromatic heterocycles. The van der Waals surface area contributed by atoms with E-state index < -0.39 is 0 Å². The smallest absolute Gasteiger partial charge is 0.161 e. The van der Waals surface area contributed by atoms with Crippen LogP contribution in [0.15, 0.2) is 34.9 Å². The van der Waals surface area contributed by atoms with Gasteiger partial charge >= 0.3 is 0 Å². The summed E-state index contributed by atoms with van der Waals surface area (Å²) < 4.78 is 8.11. The Morgan fingerprint density at radius 3 is 2.67 bits per heavy atom. The van der Waals surface area contributed by atoms with Crippen molar-refractivity contribution in [2.24, 2.45) is 12.8 Å². The third kappa shape index (κ3) is 2.73. The first-order valence-electron chi connectivity index (χ1n) is 5.67. The van der Waals surface area contributed by atoms with Gasteiger partial charge in [-0.1, -0.05) is 28.1 Å². The van der Waals surface area contributed by atoms with Crippen LogP contribution in [0.1, 0.15) is 17.3 Å².